The van der Waals surface area contributed by atoms with Crippen molar-refractivity contribution in [3.63, 3.8) is 0 Å². The molecular weight excluding hydrogens is 96.0 g/mol. The van der Waals surface area contributed by atoms with Gasteiger partial charge in [0.25, 0.3) is 0 Å². The third-order valence-corrected chi connectivity index (χ3v) is 1.21. The van der Waals surface area contributed by atoms with E-state index in [-0.39, 0.29) is 0 Å². The lowest BCUT2D eigenvalue weighted by molar-refractivity contribution is 0.110. The molecule has 0 aromatic heterocycles. The molecule has 1 rings (SSSR count). The lowest BCUT2D eigenvalue weighted by Gasteiger charge is -1.91. The van der Waals surface area contributed by atoms with Crippen LogP contribution >= 0.6 is 0 Å². The fourth-order valence-electron chi connectivity index (χ4n) is 0.388. The van der Waals surface area contributed by atoms with E-state index in [9.17, 15) is 0 Å². The standard InChI is InChI=1S/C4H7O3/c1-4(7)2(5)3(4)6/h2-3,5-7H,1H2. The molecule has 1 aliphatic carbocycles. The van der Waals surface area contributed by atoms with Gasteiger partial charge in [0.2, 0.25) is 0 Å². The van der Waals surface area contributed by atoms with E-state index in [1.807, 2.05) is 0 Å². The molecule has 0 bridgehead atoms. The molecule has 0 heterocycles. The molecule has 0 aliphatic heterocycles. The van der Waals surface area contributed by atoms with Crippen molar-refractivity contribution in [3.8, 4) is 0 Å². The van der Waals surface area contributed by atoms with Gasteiger partial charge in [-0.2, -0.15) is 0 Å². The van der Waals surface area contributed by atoms with E-state index in [0.717, 1.165) is 0 Å². The molecule has 1 saturated carbocycles. The summed E-state index contributed by atoms with van der Waals surface area (Å²) in [5.74, 6) is 0. The predicted octanol–water partition coefficient (Wildman–Crippen LogP) is -1.71. The molecule has 3 N–H and O–H groups in total. The van der Waals surface area contributed by atoms with Crippen LogP contribution in [0.2, 0.25) is 0 Å². The molecule has 0 saturated heterocycles. The van der Waals surface area contributed by atoms with Crippen molar-refractivity contribution >= 4 is 0 Å². The maximum absolute atomic E-state index is 8.56. The van der Waals surface area contributed by atoms with Crippen LogP contribution in [0.15, 0.2) is 0 Å². The molecule has 1 aliphatic rings. The van der Waals surface area contributed by atoms with Crippen LogP contribution in [0.1, 0.15) is 0 Å². The lowest BCUT2D eigenvalue weighted by atomic mass is 10.4. The Kier molecular flexibility index (Phi) is 0.712. The van der Waals surface area contributed by atoms with Gasteiger partial charge in [-0.05, 0) is 6.92 Å². The zero-order chi connectivity index (χ0) is 5.65. The summed E-state index contributed by atoms with van der Waals surface area (Å²) in [4.78, 5) is 0. The largest absolute Gasteiger partial charge is 0.387 e. The third-order valence-electron chi connectivity index (χ3n) is 1.21. The summed E-state index contributed by atoms with van der Waals surface area (Å²) >= 11 is 0. The van der Waals surface area contributed by atoms with Crippen molar-refractivity contribution in [2.45, 2.75) is 17.8 Å². The van der Waals surface area contributed by atoms with Gasteiger partial charge in [0.05, 0.1) is 0 Å². The van der Waals surface area contributed by atoms with Crippen molar-refractivity contribution in [2.75, 3.05) is 0 Å². The maximum Gasteiger partial charge on any atom is 0.122 e. The summed E-state index contributed by atoms with van der Waals surface area (Å²) in [6, 6.07) is 0. The third kappa shape index (κ3) is 0.459. The minimum absolute atomic E-state index is 1.03. The highest BCUT2D eigenvalue weighted by Gasteiger charge is 2.59. The van der Waals surface area contributed by atoms with Crippen LogP contribution in [0.3, 0.4) is 0 Å². The van der Waals surface area contributed by atoms with Gasteiger partial charge in [-0.3, -0.25) is 0 Å². The van der Waals surface area contributed by atoms with Crippen molar-refractivity contribution in [2.24, 2.45) is 0 Å². The zero-order valence-electron chi connectivity index (χ0n) is 3.70. The van der Waals surface area contributed by atoms with Gasteiger partial charge in [-0.15, -0.1) is 0 Å². The average Bonchev–Trinajstić information content (AvgIpc) is 1.91. The van der Waals surface area contributed by atoms with Crippen LogP contribution in [0.25, 0.3) is 0 Å². The Labute approximate surface area is 41.2 Å². The Hall–Kier alpha value is -0.120. The summed E-state index contributed by atoms with van der Waals surface area (Å²) in [7, 11) is 0. The van der Waals surface area contributed by atoms with E-state index >= 15 is 0 Å². The maximum atomic E-state index is 8.56. The summed E-state index contributed by atoms with van der Waals surface area (Å²) in [6.45, 7) is 3.10. The van der Waals surface area contributed by atoms with E-state index in [4.69, 9.17) is 15.3 Å². The second-order valence-corrected chi connectivity index (χ2v) is 1.88. The molecule has 0 amide bonds. The van der Waals surface area contributed by atoms with Gasteiger partial charge in [-0.1, -0.05) is 0 Å². The number of aliphatic hydroxyl groups is 3. The Morgan fingerprint density at radius 2 is 1.43 bits per heavy atom. The molecule has 3 heteroatoms. The molecule has 0 aromatic carbocycles. The summed E-state index contributed by atoms with van der Waals surface area (Å²) < 4.78 is 0. The van der Waals surface area contributed by atoms with Crippen molar-refractivity contribution in [1.29, 1.82) is 0 Å². The second-order valence-electron chi connectivity index (χ2n) is 1.88. The molecule has 2 atom stereocenters. The second kappa shape index (κ2) is 0.992. The van der Waals surface area contributed by atoms with Gasteiger partial charge < -0.3 is 15.3 Å². The van der Waals surface area contributed by atoms with Crippen LogP contribution in [0, 0.1) is 6.92 Å². The Morgan fingerprint density at radius 3 is 1.43 bits per heavy atom. The summed E-state index contributed by atoms with van der Waals surface area (Å²) in [5.41, 5.74) is -1.47. The molecule has 3 nitrogen and oxygen atoms in total. The fraction of sp³-hybridized carbons (Fsp3) is 0.750. The van der Waals surface area contributed by atoms with Crippen molar-refractivity contribution < 1.29 is 15.3 Å². The van der Waals surface area contributed by atoms with E-state index < -0.39 is 17.8 Å². The van der Waals surface area contributed by atoms with E-state index in [2.05, 4.69) is 6.92 Å². The Bertz CT molecular complexity index is 78.9. The molecular formula is C4H7O3. The SMILES string of the molecule is [CH2]C1(O)C(O)C1O. The van der Waals surface area contributed by atoms with Gasteiger partial charge >= 0.3 is 0 Å². The zero-order valence-corrected chi connectivity index (χ0v) is 3.70. The van der Waals surface area contributed by atoms with Gasteiger partial charge in [0.15, 0.2) is 0 Å². The van der Waals surface area contributed by atoms with E-state index in [1.165, 1.54) is 0 Å². The minimum atomic E-state index is -1.47. The lowest BCUT2D eigenvalue weighted by Crippen LogP contribution is -2.08. The first kappa shape index (κ1) is 5.03. The predicted molar refractivity (Wildman–Crippen MR) is 22.3 cm³/mol. The van der Waals surface area contributed by atoms with Crippen molar-refractivity contribution in [3.05, 3.63) is 6.92 Å². The molecule has 0 spiro atoms. The number of aliphatic hydroxyl groups excluding tert-OH is 2. The van der Waals surface area contributed by atoms with Crippen LogP contribution in [0.5, 0.6) is 0 Å². The highest BCUT2D eigenvalue weighted by molar-refractivity contribution is 5.16. The van der Waals surface area contributed by atoms with Crippen LogP contribution < -0.4 is 0 Å². The van der Waals surface area contributed by atoms with Gasteiger partial charge in [0.1, 0.15) is 17.8 Å². The van der Waals surface area contributed by atoms with Crippen LogP contribution in [-0.2, 0) is 0 Å². The molecule has 41 valence electrons. The average molecular weight is 103 g/mol. The molecule has 0 aromatic rings. The molecule has 1 radical (unpaired) electrons. The van der Waals surface area contributed by atoms with Crippen LogP contribution in [0.4, 0.5) is 0 Å². The van der Waals surface area contributed by atoms with Gasteiger partial charge in [0, 0.05) is 0 Å². The van der Waals surface area contributed by atoms with Crippen molar-refractivity contribution in [1.82, 2.24) is 0 Å². The number of hydrogen-bond acceptors (Lipinski definition) is 3. The first-order valence-corrected chi connectivity index (χ1v) is 2.00. The first-order chi connectivity index (χ1) is 3.07. The quantitative estimate of drug-likeness (QED) is 0.342. The minimum Gasteiger partial charge on any atom is -0.387 e. The number of hydrogen-bond donors (Lipinski definition) is 3. The normalized spacial score (nSPS) is 60.0. The van der Waals surface area contributed by atoms with Gasteiger partial charge in [-0.25, -0.2) is 0 Å². The molecule has 7 heavy (non-hydrogen) atoms. The van der Waals surface area contributed by atoms with E-state index in [0.29, 0.717) is 0 Å². The highest BCUT2D eigenvalue weighted by Crippen LogP contribution is 2.34. The molecule has 1 fully saturated rings. The Morgan fingerprint density at radius 1 is 1.29 bits per heavy atom. The monoisotopic (exact) mass is 103 g/mol. The topological polar surface area (TPSA) is 60.7 Å². The first-order valence-electron chi connectivity index (χ1n) is 2.00. The van der Waals surface area contributed by atoms with Crippen LogP contribution in [-0.4, -0.2) is 33.1 Å². The van der Waals surface area contributed by atoms with E-state index in [1.54, 1.807) is 0 Å². The smallest absolute Gasteiger partial charge is 0.122 e. The fourth-order valence-corrected chi connectivity index (χ4v) is 0.388. The molecule has 2 unspecified atom stereocenters. The summed E-state index contributed by atoms with van der Waals surface area (Å²) in [5, 5.41) is 25.4. The number of rotatable bonds is 0. The Balaban J connectivity index is 2.52. The summed E-state index contributed by atoms with van der Waals surface area (Å²) in [6.07, 6.45) is -2.07. The highest BCUT2D eigenvalue weighted by atomic mass is 16.4.